The summed E-state index contributed by atoms with van der Waals surface area (Å²) in [6, 6.07) is 5.94. The van der Waals surface area contributed by atoms with Gasteiger partial charge < -0.3 is 10.1 Å². The van der Waals surface area contributed by atoms with Gasteiger partial charge in [-0.05, 0) is 13.0 Å². The summed E-state index contributed by atoms with van der Waals surface area (Å²) in [5.41, 5.74) is 0.581. The summed E-state index contributed by atoms with van der Waals surface area (Å²) in [4.78, 5) is 38.0. The van der Waals surface area contributed by atoms with E-state index in [1.165, 1.54) is 41.3 Å². The van der Waals surface area contributed by atoms with Crippen LogP contribution >= 0.6 is 23.1 Å². The van der Waals surface area contributed by atoms with E-state index in [1.54, 1.807) is 18.4 Å². The third kappa shape index (κ3) is 5.84. The van der Waals surface area contributed by atoms with Gasteiger partial charge in [-0.1, -0.05) is 23.9 Å². The molecule has 25 heavy (non-hydrogen) atoms. The van der Waals surface area contributed by atoms with Crippen LogP contribution in [0.1, 0.15) is 12.6 Å². The Balaban J connectivity index is 1.88. The first-order valence-electron chi connectivity index (χ1n) is 7.25. The van der Waals surface area contributed by atoms with E-state index in [0.29, 0.717) is 16.6 Å². The number of nitro benzene ring substituents is 1. The van der Waals surface area contributed by atoms with E-state index in [0.717, 1.165) is 0 Å². The summed E-state index contributed by atoms with van der Waals surface area (Å²) in [6.07, 6.45) is 0.0906. The van der Waals surface area contributed by atoms with Gasteiger partial charge >= 0.3 is 5.97 Å². The molecule has 1 heterocycles. The van der Waals surface area contributed by atoms with Gasteiger partial charge in [0.25, 0.3) is 5.69 Å². The zero-order chi connectivity index (χ0) is 18.2. The molecule has 2 rings (SSSR count). The Morgan fingerprint density at radius 2 is 2.16 bits per heavy atom. The molecule has 132 valence electrons. The molecular weight excluding hydrogens is 366 g/mol. The van der Waals surface area contributed by atoms with Crippen LogP contribution < -0.4 is 5.32 Å². The number of anilines is 1. The van der Waals surface area contributed by atoms with Crippen LogP contribution in [-0.4, -0.2) is 34.1 Å². The van der Waals surface area contributed by atoms with E-state index in [2.05, 4.69) is 10.3 Å². The van der Waals surface area contributed by atoms with E-state index >= 15 is 0 Å². The minimum absolute atomic E-state index is 0.0540. The molecule has 1 aromatic carbocycles. The monoisotopic (exact) mass is 381 g/mol. The number of esters is 1. The smallest absolute Gasteiger partial charge is 0.311 e. The molecule has 2 aromatic rings. The summed E-state index contributed by atoms with van der Waals surface area (Å²) in [5.74, 6) is -0.668. The quantitative estimate of drug-likeness (QED) is 0.324. The van der Waals surface area contributed by atoms with E-state index in [4.69, 9.17) is 4.74 Å². The van der Waals surface area contributed by atoms with Gasteiger partial charge in [-0.2, -0.15) is 0 Å². The molecule has 0 aliphatic carbocycles. The fourth-order valence-electron chi connectivity index (χ4n) is 1.85. The van der Waals surface area contributed by atoms with Crippen LogP contribution in [0.2, 0.25) is 0 Å². The van der Waals surface area contributed by atoms with Gasteiger partial charge in [0.2, 0.25) is 5.91 Å². The standard InChI is InChI=1S/C15H15N3O5S2/c1-2-23-14(20)7-10-8-24-15(16-10)25-9-13(19)17-11-5-3-4-6-12(11)18(21)22/h3-6,8H,2,7,9H2,1H3,(H,17,19). The van der Waals surface area contributed by atoms with Gasteiger partial charge in [0, 0.05) is 11.4 Å². The number of nitro groups is 1. The molecular formula is C15H15N3O5S2. The number of aromatic nitrogens is 1. The van der Waals surface area contributed by atoms with Crippen molar-refractivity contribution in [1.29, 1.82) is 0 Å². The number of carbonyl (C=O) groups excluding carboxylic acids is 2. The molecule has 1 aromatic heterocycles. The first kappa shape index (κ1) is 18.9. The predicted octanol–water partition coefficient (Wildman–Crippen LogP) is 2.89. The highest BCUT2D eigenvalue weighted by atomic mass is 32.2. The van der Waals surface area contributed by atoms with E-state index in [9.17, 15) is 19.7 Å². The lowest BCUT2D eigenvalue weighted by molar-refractivity contribution is -0.383. The maximum Gasteiger partial charge on any atom is 0.311 e. The van der Waals surface area contributed by atoms with Crippen LogP contribution in [0.25, 0.3) is 0 Å². The maximum absolute atomic E-state index is 12.0. The van der Waals surface area contributed by atoms with Gasteiger partial charge in [-0.25, -0.2) is 4.98 Å². The second-order valence-corrected chi connectivity index (χ2v) is 6.78. The van der Waals surface area contributed by atoms with Crippen molar-refractivity contribution in [3.63, 3.8) is 0 Å². The van der Waals surface area contributed by atoms with Gasteiger partial charge in [-0.15, -0.1) is 11.3 Å². The summed E-state index contributed by atoms with van der Waals surface area (Å²) < 4.78 is 5.49. The minimum Gasteiger partial charge on any atom is -0.466 e. The first-order chi connectivity index (χ1) is 12.0. The van der Waals surface area contributed by atoms with Crippen molar-refractivity contribution in [2.75, 3.05) is 17.7 Å². The summed E-state index contributed by atoms with van der Waals surface area (Å²) >= 11 is 2.52. The highest BCUT2D eigenvalue weighted by Gasteiger charge is 2.15. The first-order valence-corrected chi connectivity index (χ1v) is 9.12. The van der Waals surface area contributed by atoms with E-state index in [1.807, 2.05) is 0 Å². The molecule has 1 N–H and O–H groups in total. The fourth-order valence-corrected chi connectivity index (χ4v) is 3.49. The van der Waals surface area contributed by atoms with Gasteiger partial charge in [0.15, 0.2) is 4.34 Å². The van der Waals surface area contributed by atoms with Crippen molar-refractivity contribution in [2.45, 2.75) is 17.7 Å². The fraction of sp³-hybridized carbons (Fsp3) is 0.267. The third-order valence-corrected chi connectivity index (χ3v) is 4.93. The largest absolute Gasteiger partial charge is 0.466 e. The summed E-state index contributed by atoms with van der Waals surface area (Å²) in [6.45, 7) is 2.05. The molecule has 0 saturated carbocycles. The molecule has 0 radical (unpaired) electrons. The van der Waals surface area contributed by atoms with Crippen LogP contribution in [0, 0.1) is 10.1 Å². The Morgan fingerprint density at radius 3 is 2.88 bits per heavy atom. The zero-order valence-electron chi connectivity index (χ0n) is 13.3. The molecule has 1 amide bonds. The summed E-state index contributed by atoms with van der Waals surface area (Å²) in [5, 5.41) is 15.2. The molecule has 0 spiro atoms. The lowest BCUT2D eigenvalue weighted by Crippen LogP contribution is -2.15. The third-order valence-electron chi connectivity index (χ3n) is 2.86. The normalized spacial score (nSPS) is 10.3. The van der Waals surface area contributed by atoms with Crippen molar-refractivity contribution < 1.29 is 19.2 Å². The van der Waals surface area contributed by atoms with Crippen LogP contribution in [0.5, 0.6) is 0 Å². The molecule has 0 saturated heterocycles. The van der Waals surface area contributed by atoms with Gasteiger partial charge in [0.05, 0.1) is 29.4 Å². The number of thiazole rings is 1. The Bertz CT molecular complexity index is 778. The van der Waals surface area contributed by atoms with Crippen molar-refractivity contribution in [3.05, 3.63) is 45.5 Å². The number of nitrogens with zero attached hydrogens (tertiary/aromatic N) is 2. The summed E-state index contributed by atoms with van der Waals surface area (Å²) in [7, 11) is 0. The molecule has 0 bridgehead atoms. The number of nitrogens with one attached hydrogen (secondary N) is 1. The molecule has 0 fully saturated rings. The molecule has 0 atom stereocenters. The molecule has 0 aliphatic heterocycles. The number of benzene rings is 1. The SMILES string of the molecule is CCOC(=O)Cc1csc(SCC(=O)Nc2ccccc2[N+](=O)[O-])n1. The lowest BCUT2D eigenvalue weighted by Gasteiger charge is -2.04. The second-order valence-electron chi connectivity index (χ2n) is 4.70. The number of hydrogen-bond acceptors (Lipinski definition) is 8. The number of para-hydroxylation sites is 2. The van der Waals surface area contributed by atoms with Crippen molar-refractivity contribution in [1.82, 2.24) is 4.98 Å². The maximum atomic E-state index is 12.0. The number of amides is 1. The Hall–Kier alpha value is -2.46. The van der Waals surface area contributed by atoms with Crippen molar-refractivity contribution in [2.24, 2.45) is 0 Å². The second kappa shape index (κ2) is 9.14. The topological polar surface area (TPSA) is 111 Å². The Morgan fingerprint density at radius 1 is 1.40 bits per heavy atom. The Labute approximate surface area is 151 Å². The number of rotatable bonds is 8. The molecule has 10 heteroatoms. The van der Waals surface area contributed by atoms with Crippen LogP contribution in [0.15, 0.2) is 34.0 Å². The van der Waals surface area contributed by atoms with Gasteiger partial charge in [-0.3, -0.25) is 19.7 Å². The zero-order valence-corrected chi connectivity index (χ0v) is 14.9. The Kier molecular flexibility index (Phi) is 6.90. The van der Waals surface area contributed by atoms with E-state index < -0.39 is 4.92 Å². The van der Waals surface area contributed by atoms with Crippen LogP contribution in [0.4, 0.5) is 11.4 Å². The number of carbonyl (C=O) groups is 2. The number of hydrogen-bond donors (Lipinski definition) is 1. The number of ether oxygens (including phenoxy) is 1. The average Bonchev–Trinajstić information content (AvgIpc) is 3.01. The number of thioether (sulfide) groups is 1. The van der Waals surface area contributed by atoms with Crippen molar-refractivity contribution >= 4 is 46.3 Å². The van der Waals surface area contributed by atoms with Crippen LogP contribution in [-0.2, 0) is 20.7 Å². The highest BCUT2D eigenvalue weighted by molar-refractivity contribution is 8.01. The highest BCUT2D eigenvalue weighted by Crippen LogP contribution is 2.25. The molecule has 8 nitrogen and oxygen atoms in total. The minimum atomic E-state index is -0.550. The molecule has 0 aliphatic rings. The van der Waals surface area contributed by atoms with Crippen molar-refractivity contribution in [3.8, 4) is 0 Å². The van der Waals surface area contributed by atoms with Gasteiger partial charge in [0.1, 0.15) is 5.69 Å². The average molecular weight is 381 g/mol. The predicted molar refractivity (Wildman–Crippen MR) is 94.9 cm³/mol. The lowest BCUT2D eigenvalue weighted by atomic mass is 10.2. The molecule has 0 unspecified atom stereocenters. The van der Waals surface area contributed by atoms with Crippen LogP contribution in [0.3, 0.4) is 0 Å². The van der Waals surface area contributed by atoms with E-state index in [-0.39, 0.29) is 35.4 Å².